The predicted molar refractivity (Wildman–Crippen MR) is 111 cm³/mol. The van der Waals surface area contributed by atoms with Gasteiger partial charge in [-0.2, -0.15) is 0 Å². The Bertz CT molecular complexity index is 1040. The quantitative estimate of drug-likeness (QED) is 0.641. The fourth-order valence-corrected chi connectivity index (χ4v) is 3.73. The van der Waals surface area contributed by atoms with Gasteiger partial charge in [0.15, 0.2) is 0 Å². The van der Waals surface area contributed by atoms with Crippen LogP contribution < -0.4 is 4.72 Å². The topological polar surface area (TPSA) is 92.8 Å². The summed E-state index contributed by atoms with van der Waals surface area (Å²) in [5.74, 6) is -1.60. The molecule has 0 unspecified atom stereocenters. The highest BCUT2D eigenvalue weighted by Gasteiger charge is 2.23. The van der Waals surface area contributed by atoms with Crippen molar-refractivity contribution < 1.29 is 27.1 Å². The molecule has 1 amide bonds. The summed E-state index contributed by atoms with van der Waals surface area (Å²) in [5.41, 5.74) is 0.668. The average molecular weight is 437 g/mol. The van der Waals surface area contributed by atoms with Crippen LogP contribution in [0.2, 0.25) is 0 Å². The first-order valence-corrected chi connectivity index (χ1v) is 10.9. The molecule has 9 heteroatoms. The van der Waals surface area contributed by atoms with Gasteiger partial charge in [-0.25, -0.2) is 12.8 Å². The first-order chi connectivity index (χ1) is 14.0. The Balaban J connectivity index is 2.26. The van der Waals surface area contributed by atoms with E-state index >= 15 is 0 Å². The molecule has 162 valence electrons. The molecule has 7 nitrogen and oxygen atoms in total. The molecule has 1 N–H and O–H groups in total. The van der Waals surface area contributed by atoms with Crippen molar-refractivity contribution in [1.82, 2.24) is 4.90 Å². The molecule has 0 atom stereocenters. The van der Waals surface area contributed by atoms with Crippen molar-refractivity contribution in [2.75, 3.05) is 17.9 Å². The number of esters is 1. The summed E-state index contributed by atoms with van der Waals surface area (Å²) in [6.45, 7) is 6.71. The first-order valence-electron chi connectivity index (χ1n) is 9.40. The van der Waals surface area contributed by atoms with Crippen molar-refractivity contribution in [2.24, 2.45) is 0 Å². The molecule has 0 aliphatic carbocycles. The standard InChI is InChI=1S/C21H25FN2O5S/c1-5-29-20(25)13-24(14(2)3)21(26)16-7-6-8-17(11-16)23-30(27,28)18-10-9-15(4)19(22)12-18/h6-12,14,23H,5,13H2,1-4H3. The Labute approximate surface area is 175 Å². The van der Waals surface area contributed by atoms with Gasteiger partial charge in [-0.3, -0.25) is 14.3 Å². The van der Waals surface area contributed by atoms with Gasteiger partial charge in [-0.15, -0.1) is 0 Å². The number of nitrogens with zero attached hydrogens (tertiary/aromatic N) is 1. The number of aryl methyl sites for hydroxylation is 1. The maximum Gasteiger partial charge on any atom is 0.325 e. The van der Waals surface area contributed by atoms with Crippen molar-refractivity contribution in [1.29, 1.82) is 0 Å². The molecule has 0 radical (unpaired) electrons. The summed E-state index contributed by atoms with van der Waals surface area (Å²) in [7, 11) is -4.05. The Morgan fingerprint density at radius 2 is 1.87 bits per heavy atom. The largest absolute Gasteiger partial charge is 0.465 e. The van der Waals surface area contributed by atoms with Crippen molar-refractivity contribution in [3.05, 3.63) is 59.4 Å². The normalized spacial score (nSPS) is 11.3. The number of rotatable bonds is 8. The van der Waals surface area contributed by atoms with Crippen LogP contribution in [0, 0.1) is 12.7 Å². The lowest BCUT2D eigenvalue weighted by Crippen LogP contribution is -2.41. The van der Waals surface area contributed by atoms with E-state index in [-0.39, 0.29) is 35.3 Å². The number of sulfonamides is 1. The van der Waals surface area contributed by atoms with E-state index in [0.717, 1.165) is 6.07 Å². The van der Waals surface area contributed by atoms with Crippen LogP contribution in [0.3, 0.4) is 0 Å². The Hall–Kier alpha value is -2.94. The second-order valence-corrected chi connectivity index (χ2v) is 8.61. The molecule has 30 heavy (non-hydrogen) atoms. The van der Waals surface area contributed by atoms with Crippen molar-refractivity contribution in [3.8, 4) is 0 Å². The molecule has 2 rings (SSSR count). The van der Waals surface area contributed by atoms with E-state index in [2.05, 4.69) is 4.72 Å². The second kappa shape index (κ2) is 9.71. The Kier molecular flexibility index (Phi) is 7.55. The zero-order valence-electron chi connectivity index (χ0n) is 17.3. The maximum atomic E-state index is 13.8. The van der Waals surface area contributed by atoms with E-state index in [1.807, 2.05) is 0 Å². The highest BCUT2D eigenvalue weighted by molar-refractivity contribution is 7.92. The molecule has 2 aromatic carbocycles. The van der Waals surface area contributed by atoms with Crippen molar-refractivity contribution in [2.45, 2.75) is 38.6 Å². The number of halogens is 1. The van der Waals surface area contributed by atoms with Gasteiger partial charge in [0.1, 0.15) is 12.4 Å². The van der Waals surface area contributed by atoms with E-state index < -0.39 is 27.7 Å². The zero-order chi connectivity index (χ0) is 22.5. The van der Waals surface area contributed by atoms with Gasteiger partial charge in [0.05, 0.1) is 11.5 Å². The molecule has 0 saturated carbocycles. The summed E-state index contributed by atoms with van der Waals surface area (Å²) in [6, 6.07) is 9.21. The van der Waals surface area contributed by atoms with E-state index in [4.69, 9.17) is 4.74 Å². The van der Waals surface area contributed by atoms with Crippen molar-refractivity contribution in [3.63, 3.8) is 0 Å². The third-order valence-corrected chi connectivity index (χ3v) is 5.68. The number of carbonyl (C=O) groups excluding carboxylic acids is 2. The lowest BCUT2D eigenvalue weighted by molar-refractivity contribution is -0.144. The summed E-state index contributed by atoms with van der Waals surface area (Å²) in [5, 5.41) is 0. The molecule has 0 fully saturated rings. The number of benzene rings is 2. The van der Waals surface area contributed by atoms with E-state index in [0.29, 0.717) is 5.56 Å². The molecule has 0 heterocycles. The van der Waals surface area contributed by atoms with Crippen LogP contribution in [0.5, 0.6) is 0 Å². The summed E-state index contributed by atoms with van der Waals surface area (Å²) < 4.78 is 46.2. The van der Waals surface area contributed by atoms with E-state index in [1.165, 1.54) is 48.2 Å². The predicted octanol–water partition coefficient (Wildman–Crippen LogP) is 3.35. The number of anilines is 1. The molecular weight excluding hydrogens is 411 g/mol. The van der Waals surface area contributed by atoms with Gasteiger partial charge in [-0.05, 0) is 63.6 Å². The summed E-state index contributed by atoms with van der Waals surface area (Å²) >= 11 is 0. The number of nitrogens with one attached hydrogen (secondary N) is 1. The maximum absolute atomic E-state index is 13.8. The fraction of sp³-hybridized carbons (Fsp3) is 0.333. The molecule has 0 spiro atoms. The number of ether oxygens (including phenoxy) is 1. The lowest BCUT2D eigenvalue weighted by atomic mass is 10.1. The van der Waals surface area contributed by atoms with E-state index in [9.17, 15) is 22.4 Å². The Morgan fingerprint density at radius 3 is 2.47 bits per heavy atom. The minimum atomic E-state index is -4.05. The third-order valence-electron chi connectivity index (χ3n) is 4.30. The lowest BCUT2D eigenvalue weighted by Gasteiger charge is -2.26. The number of hydrogen-bond acceptors (Lipinski definition) is 5. The molecule has 0 aliphatic heterocycles. The van der Waals surface area contributed by atoms with Gasteiger partial charge in [-0.1, -0.05) is 12.1 Å². The number of amides is 1. The van der Waals surface area contributed by atoms with E-state index in [1.54, 1.807) is 20.8 Å². The zero-order valence-corrected chi connectivity index (χ0v) is 18.1. The minimum Gasteiger partial charge on any atom is -0.465 e. The molecule has 0 saturated heterocycles. The molecule has 0 aliphatic rings. The average Bonchev–Trinajstić information content (AvgIpc) is 2.67. The minimum absolute atomic E-state index is 0.140. The van der Waals surface area contributed by atoms with Crippen LogP contribution in [-0.2, 0) is 19.6 Å². The molecule has 0 bridgehead atoms. The Morgan fingerprint density at radius 1 is 1.17 bits per heavy atom. The van der Waals surface area contributed by atoms with Gasteiger partial charge in [0, 0.05) is 17.3 Å². The van der Waals surface area contributed by atoms with Crippen LogP contribution in [0.15, 0.2) is 47.4 Å². The van der Waals surface area contributed by atoms with Gasteiger partial charge >= 0.3 is 5.97 Å². The monoisotopic (exact) mass is 436 g/mol. The van der Waals surface area contributed by atoms with Crippen LogP contribution in [0.25, 0.3) is 0 Å². The van der Waals surface area contributed by atoms with Gasteiger partial charge in [0.2, 0.25) is 0 Å². The first kappa shape index (κ1) is 23.3. The SMILES string of the molecule is CCOC(=O)CN(C(=O)c1cccc(NS(=O)(=O)c2ccc(C)c(F)c2)c1)C(C)C. The van der Waals surface area contributed by atoms with Crippen LogP contribution in [0.1, 0.15) is 36.7 Å². The number of carbonyl (C=O) groups is 2. The third kappa shape index (κ3) is 5.79. The van der Waals surface area contributed by atoms with Crippen LogP contribution in [-0.4, -0.2) is 44.4 Å². The fourth-order valence-electron chi connectivity index (χ4n) is 2.67. The van der Waals surface area contributed by atoms with Crippen LogP contribution in [0.4, 0.5) is 10.1 Å². The highest BCUT2D eigenvalue weighted by Crippen LogP contribution is 2.20. The summed E-state index contributed by atoms with van der Waals surface area (Å²) in [4.78, 5) is 25.8. The smallest absolute Gasteiger partial charge is 0.325 e. The molecule has 2 aromatic rings. The van der Waals surface area contributed by atoms with Crippen LogP contribution >= 0.6 is 0 Å². The number of hydrogen-bond donors (Lipinski definition) is 1. The van der Waals surface area contributed by atoms with Crippen molar-refractivity contribution >= 4 is 27.6 Å². The highest BCUT2D eigenvalue weighted by atomic mass is 32.2. The molecule has 0 aromatic heterocycles. The second-order valence-electron chi connectivity index (χ2n) is 6.93. The summed E-state index contributed by atoms with van der Waals surface area (Å²) in [6.07, 6.45) is 0. The molecular formula is C21H25FN2O5S. The van der Waals surface area contributed by atoms with Gasteiger partial charge < -0.3 is 9.64 Å². The van der Waals surface area contributed by atoms with Gasteiger partial charge in [0.25, 0.3) is 15.9 Å².